The van der Waals surface area contributed by atoms with Gasteiger partial charge in [0.15, 0.2) is 0 Å². The third kappa shape index (κ3) is 4.58. The lowest BCUT2D eigenvalue weighted by molar-refractivity contribution is -0.145. The van der Waals surface area contributed by atoms with E-state index in [4.69, 9.17) is 9.47 Å². The van der Waals surface area contributed by atoms with Crippen LogP contribution < -0.4 is 4.74 Å². The molecule has 0 aliphatic rings. The van der Waals surface area contributed by atoms with Crippen LogP contribution >= 0.6 is 11.3 Å². The van der Waals surface area contributed by atoms with Gasteiger partial charge in [-0.2, -0.15) is 5.10 Å². The number of carbonyl (C=O) groups is 1. The number of thiazole rings is 1. The maximum Gasteiger partial charge on any atom is 0.306 e. The van der Waals surface area contributed by atoms with Crippen LogP contribution in [0.5, 0.6) is 5.75 Å². The fraction of sp³-hybridized carbons (Fsp3) is 0.192. The van der Waals surface area contributed by atoms with Gasteiger partial charge in [-0.25, -0.2) is 4.98 Å². The Labute approximate surface area is 201 Å². The van der Waals surface area contributed by atoms with E-state index in [2.05, 4.69) is 21.1 Å². The number of benzene rings is 2. The van der Waals surface area contributed by atoms with Crippen LogP contribution in [0.2, 0.25) is 0 Å². The van der Waals surface area contributed by atoms with Gasteiger partial charge in [0.1, 0.15) is 17.4 Å². The number of nitrogens with one attached hydrogen (secondary N) is 1. The van der Waals surface area contributed by atoms with Crippen LogP contribution in [0.15, 0.2) is 66.3 Å². The van der Waals surface area contributed by atoms with Gasteiger partial charge < -0.3 is 14.5 Å². The van der Waals surface area contributed by atoms with E-state index in [1.165, 1.54) is 11.3 Å². The number of nitrogens with zero attached hydrogens (tertiary/aromatic N) is 3. The molecule has 0 saturated heterocycles. The molecule has 0 spiro atoms. The second-order valence-corrected chi connectivity index (χ2v) is 8.82. The summed E-state index contributed by atoms with van der Waals surface area (Å²) in [4.78, 5) is 20.6. The van der Waals surface area contributed by atoms with Crippen LogP contribution in [-0.2, 0) is 29.6 Å². The number of carbonyl (C=O) groups excluding carboxylic acids is 1. The molecule has 5 aromatic rings. The van der Waals surface area contributed by atoms with Crippen molar-refractivity contribution in [1.82, 2.24) is 19.7 Å². The van der Waals surface area contributed by atoms with Crippen molar-refractivity contribution in [2.75, 3.05) is 7.11 Å². The van der Waals surface area contributed by atoms with Crippen LogP contribution in [0.3, 0.4) is 0 Å². The summed E-state index contributed by atoms with van der Waals surface area (Å²) in [6.07, 6.45) is 4.54. The van der Waals surface area contributed by atoms with Crippen molar-refractivity contribution in [3.63, 3.8) is 0 Å². The molecule has 34 heavy (non-hydrogen) atoms. The summed E-state index contributed by atoms with van der Waals surface area (Å²) in [5.74, 6) is 0.556. The molecule has 0 fully saturated rings. The average Bonchev–Trinajstić information content (AvgIpc) is 3.60. The third-order valence-electron chi connectivity index (χ3n) is 5.66. The third-order valence-corrected chi connectivity index (χ3v) is 6.60. The molecule has 0 aliphatic heterocycles. The van der Waals surface area contributed by atoms with Gasteiger partial charge in [-0.15, -0.1) is 11.3 Å². The van der Waals surface area contributed by atoms with Gasteiger partial charge in [0.25, 0.3) is 0 Å². The number of fused-ring (bicyclic) bond motifs is 1. The number of ether oxygens (including phenoxy) is 2. The highest BCUT2D eigenvalue weighted by atomic mass is 32.1. The Hall–Kier alpha value is -3.91. The van der Waals surface area contributed by atoms with Gasteiger partial charge in [0.2, 0.25) is 0 Å². The Kier molecular flexibility index (Phi) is 6.14. The summed E-state index contributed by atoms with van der Waals surface area (Å²) in [7, 11) is 3.52. The number of methoxy groups -OCH3 is 1. The summed E-state index contributed by atoms with van der Waals surface area (Å²) in [6.45, 7) is 0.162. The number of aromatic nitrogens is 4. The molecule has 3 heterocycles. The lowest BCUT2D eigenvalue weighted by Gasteiger charge is -2.07. The van der Waals surface area contributed by atoms with Crippen molar-refractivity contribution in [3.8, 4) is 27.6 Å². The number of hydrogen-bond donors (Lipinski definition) is 1. The van der Waals surface area contributed by atoms with Gasteiger partial charge >= 0.3 is 5.97 Å². The smallest absolute Gasteiger partial charge is 0.306 e. The van der Waals surface area contributed by atoms with E-state index in [0.717, 1.165) is 49.7 Å². The van der Waals surface area contributed by atoms with Crippen LogP contribution in [0.25, 0.3) is 32.7 Å². The first-order valence-electron chi connectivity index (χ1n) is 10.9. The minimum absolute atomic E-state index is 0.162. The lowest BCUT2D eigenvalue weighted by atomic mass is 10.0. The molecule has 0 bridgehead atoms. The molecule has 5 rings (SSSR count). The fourth-order valence-corrected chi connectivity index (χ4v) is 4.73. The monoisotopic (exact) mass is 472 g/mol. The minimum atomic E-state index is -0.248. The van der Waals surface area contributed by atoms with Gasteiger partial charge in [-0.3, -0.25) is 9.48 Å². The van der Waals surface area contributed by atoms with Crippen LogP contribution in [0.1, 0.15) is 17.7 Å². The molecule has 0 atom stereocenters. The molecule has 172 valence electrons. The first-order valence-corrected chi connectivity index (χ1v) is 11.8. The second-order valence-electron chi connectivity index (χ2n) is 7.96. The number of esters is 1. The van der Waals surface area contributed by atoms with Crippen LogP contribution in [0, 0.1) is 0 Å². The molecule has 2 aromatic carbocycles. The highest BCUT2D eigenvalue weighted by Gasteiger charge is 2.16. The van der Waals surface area contributed by atoms with Crippen LogP contribution in [-0.4, -0.2) is 32.8 Å². The van der Waals surface area contributed by atoms with E-state index in [1.54, 1.807) is 18.0 Å². The Morgan fingerprint density at radius 1 is 1.12 bits per heavy atom. The van der Waals surface area contributed by atoms with E-state index < -0.39 is 0 Å². The van der Waals surface area contributed by atoms with Crippen molar-refractivity contribution in [2.45, 2.75) is 19.4 Å². The predicted octanol–water partition coefficient (Wildman–Crippen LogP) is 5.38. The maximum absolute atomic E-state index is 12.6. The summed E-state index contributed by atoms with van der Waals surface area (Å²) < 4.78 is 12.5. The average molecular weight is 473 g/mol. The highest BCUT2D eigenvalue weighted by molar-refractivity contribution is 7.13. The first kappa shape index (κ1) is 21.9. The standard InChI is InChI=1S/C26H24N4O3S/c1-30-14-18(13-27-30)26-28-19(16-34-26)15-33-24(31)12-11-22-21-5-3-4-6-23(21)29-25(22)17-7-9-20(32-2)10-8-17/h3-10,13-14,16,29H,11-12,15H2,1-2H3. The molecule has 0 aliphatic carbocycles. The molecular formula is C26H24N4O3S. The minimum Gasteiger partial charge on any atom is -0.497 e. The lowest BCUT2D eigenvalue weighted by Crippen LogP contribution is -2.06. The fourth-order valence-electron chi connectivity index (χ4n) is 3.95. The normalized spacial score (nSPS) is 11.1. The van der Waals surface area contributed by atoms with Crippen LogP contribution in [0.4, 0.5) is 0 Å². The summed E-state index contributed by atoms with van der Waals surface area (Å²) >= 11 is 1.51. The number of H-pyrrole nitrogens is 1. The number of aromatic amines is 1. The summed E-state index contributed by atoms with van der Waals surface area (Å²) in [5, 5.41) is 8.06. The molecule has 0 amide bonds. The first-order chi connectivity index (χ1) is 16.6. The molecule has 1 N–H and O–H groups in total. The Morgan fingerprint density at radius 3 is 2.71 bits per heavy atom. The number of rotatable bonds is 8. The van der Waals surface area contributed by atoms with E-state index in [-0.39, 0.29) is 19.0 Å². The Bertz CT molecular complexity index is 1430. The summed E-state index contributed by atoms with van der Waals surface area (Å²) in [6, 6.07) is 16.1. The number of hydrogen-bond acceptors (Lipinski definition) is 6. The van der Waals surface area contributed by atoms with E-state index in [0.29, 0.717) is 6.42 Å². The molecule has 0 unspecified atom stereocenters. The second kappa shape index (κ2) is 9.52. The Balaban J connectivity index is 1.27. The number of para-hydroxylation sites is 1. The molecule has 0 saturated carbocycles. The zero-order valence-electron chi connectivity index (χ0n) is 18.9. The molecular weight excluding hydrogens is 448 g/mol. The molecule has 7 nitrogen and oxygen atoms in total. The van der Waals surface area contributed by atoms with Crippen molar-refractivity contribution in [2.24, 2.45) is 7.05 Å². The van der Waals surface area contributed by atoms with Gasteiger partial charge in [0.05, 0.1) is 19.0 Å². The number of aryl methyl sites for hydroxylation is 2. The van der Waals surface area contributed by atoms with Crippen molar-refractivity contribution in [1.29, 1.82) is 0 Å². The highest BCUT2D eigenvalue weighted by Crippen LogP contribution is 2.32. The van der Waals surface area contributed by atoms with E-state index >= 15 is 0 Å². The molecule has 3 aromatic heterocycles. The topological polar surface area (TPSA) is 82.0 Å². The Morgan fingerprint density at radius 2 is 1.94 bits per heavy atom. The quantitative estimate of drug-likeness (QED) is 0.307. The predicted molar refractivity (Wildman–Crippen MR) is 133 cm³/mol. The molecule has 0 radical (unpaired) electrons. The maximum atomic E-state index is 12.6. The van der Waals surface area contributed by atoms with E-state index in [1.807, 2.05) is 61.1 Å². The SMILES string of the molecule is COc1ccc(-c2[nH]c3ccccc3c2CCC(=O)OCc2csc(-c3cnn(C)c3)n2)cc1. The summed E-state index contributed by atoms with van der Waals surface area (Å²) in [5.41, 5.74) is 5.90. The largest absolute Gasteiger partial charge is 0.497 e. The molecule has 8 heteroatoms. The van der Waals surface area contributed by atoms with Gasteiger partial charge in [0, 0.05) is 47.2 Å². The van der Waals surface area contributed by atoms with Gasteiger partial charge in [-0.1, -0.05) is 18.2 Å². The zero-order chi connectivity index (χ0) is 23.5. The van der Waals surface area contributed by atoms with Crippen molar-refractivity contribution in [3.05, 3.63) is 77.6 Å². The van der Waals surface area contributed by atoms with Crippen molar-refractivity contribution < 1.29 is 14.3 Å². The zero-order valence-corrected chi connectivity index (χ0v) is 19.8. The van der Waals surface area contributed by atoms with Gasteiger partial charge in [-0.05, 0) is 47.9 Å². The van der Waals surface area contributed by atoms with E-state index in [9.17, 15) is 4.79 Å². The van der Waals surface area contributed by atoms with Crippen molar-refractivity contribution >= 4 is 28.2 Å².